The molecule has 5 nitrogen and oxygen atoms in total. The molecule has 0 aliphatic heterocycles. The second-order valence-corrected chi connectivity index (χ2v) is 6.43. The van der Waals surface area contributed by atoms with Crippen LogP contribution in [-0.2, 0) is 0 Å². The highest BCUT2D eigenvalue weighted by Crippen LogP contribution is 2.24. The molecule has 0 aliphatic carbocycles. The fraction of sp³-hybridized carbons (Fsp3) is 0. The summed E-state index contributed by atoms with van der Waals surface area (Å²) in [5, 5.41) is 4.89. The summed E-state index contributed by atoms with van der Waals surface area (Å²) < 4.78 is 0. The summed E-state index contributed by atoms with van der Waals surface area (Å²) in [6.07, 6.45) is 0. The number of carbonyl (C=O) groups is 2. The number of benzene rings is 2. The maximum absolute atomic E-state index is 12.3. The molecule has 3 N–H and O–H groups in total. The molecule has 0 unspecified atom stereocenters. The van der Waals surface area contributed by atoms with Crippen LogP contribution in [0.1, 0.15) is 20.0 Å². The van der Waals surface area contributed by atoms with Gasteiger partial charge in [0.25, 0.3) is 11.8 Å². The molecule has 1 heterocycles. The van der Waals surface area contributed by atoms with Gasteiger partial charge in [0, 0.05) is 5.56 Å². The monoisotopic (exact) mass is 371 g/mol. The third kappa shape index (κ3) is 4.37. The van der Waals surface area contributed by atoms with Gasteiger partial charge in [0.05, 0.1) is 21.3 Å². The first kappa shape index (κ1) is 17.0. The average molecular weight is 372 g/mol. The SMILES string of the molecule is O=C(NNc1ccccc1)c1ccc(Cl)c(NC(=O)c2cccs2)c1. The van der Waals surface area contributed by atoms with Crippen molar-refractivity contribution in [2.45, 2.75) is 0 Å². The van der Waals surface area contributed by atoms with Crippen molar-refractivity contribution in [2.75, 3.05) is 10.7 Å². The van der Waals surface area contributed by atoms with E-state index in [4.69, 9.17) is 11.6 Å². The Morgan fingerprint density at radius 3 is 2.44 bits per heavy atom. The topological polar surface area (TPSA) is 70.2 Å². The molecule has 0 bridgehead atoms. The first-order chi connectivity index (χ1) is 12.1. The van der Waals surface area contributed by atoms with Crippen LogP contribution in [0.2, 0.25) is 5.02 Å². The minimum absolute atomic E-state index is 0.267. The number of amides is 2. The van der Waals surface area contributed by atoms with E-state index < -0.39 is 0 Å². The van der Waals surface area contributed by atoms with Gasteiger partial charge in [-0.15, -0.1) is 11.3 Å². The predicted octanol–water partition coefficient (Wildman–Crippen LogP) is 4.41. The van der Waals surface area contributed by atoms with Crippen molar-refractivity contribution in [3.8, 4) is 0 Å². The molecule has 0 aliphatic rings. The largest absolute Gasteiger partial charge is 0.320 e. The summed E-state index contributed by atoms with van der Waals surface area (Å²) in [5.41, 5.74) is 6.93. The summed E-state index contributed by atoms with van der Waals surface area (Å²) in [5.74, 6) is -0.607. The highest BCUT2D eigenvalue weighted by Gasteiger charge is 2.12. The molecule has 3 rings (SSSR count). The van der Waals surface area contributed by atoms with E-state index in [-0.39, 0.29) is 11.8 Å². The molecule has 0 fully saturated rings. The number of hydrazine groups is 1. The zero-order valence-electron chi connectivity index (χ0n) is 13.0. The zero-order chi connectivity index (χ0) is 17.6. The second kappa shape index (κ2) is 7.83. The lowest BCUT2D eigenvalue weighted by Crippen LogP contribution is -2.29. The standard InChI is InChI=1S/C18H14ClN3O2S/c19-14-9-8-12(17(23)22-21-13-5-2-1-3-6-13)11-15(14)20-18(24)16-7-4-10-25-16/h1-11,21H,(H,20,24)(H,22,23). The Morgan fingerprint density at radius 1 is 0.920 bits per heavy atom. The first-order valence-electron chi connectivity index (χ1n) is 7.39. The lowest BCUT2D eigenvalue weighted by atomic mass is 10.2. The molecule has 0 saturated carbocycles. The average Bonchev–Trinajstić information content (AvgIpc) is 3.17. The van der Waals surface area contributed by atoms with E-state index in [1.807, 2.05) is 35.7 Å². The lowest BCUT2D eigenvalue weighted by molar-refractivity contribution is 0.0961. The van der Waals surface area contributed by atoms with Gasteiger partial charge in [0.2, 0.25) is 0 Å². The number of rotatable bonds is 5. The molecule has 0 atom stereocenters. The number of hydrogen-bond donors (Lipinski definition) is 3. The molecule has 2 amide bonds. The Morgan fingerprint density at radius 2 is 1.72 bits per heavy atom. The number of para-hydroxylation sites is 1. The number of halogens is 1. The summed E-state index contributed by atoms with van der Waals surface area (Å²) in [4.78, 5) is 25.0. The van der Waals surface area contributed by atoms with Crippen LogP contribution in [0.5, 0.6) is 0 Å². The molecule has 25 heavy (non-hydrogen) atoms. The highest BCUT2D eigenvalue weighted by molar-refractivity contribution is 7.12. The second-order valence-electron chi connectivity index (χ2n) is 5.07. The Kier molecular flexibility index (Phi) is 5.33. The molecule has 0 saturated heterocycles. The van der Waals surface area contributed by atoms with Gasteiger partial charge in [-0.1, -0.05) is 35.9 Å². The van der Waals surface area contributed by atoms with Gasteiger partial charge in [0.15, 0.2) is 0 Å². The van der Waals surface area contributed by atoms with Crippen LogP contribution >= 0.6 is 22.9 Å². The van der Waals surface area contributed by atoms with E-state index in [1.54, 1.807) is 24.3 Å². The summed E-state index contributed by atoms with van der Waals surface area (Å²) in [7, 11) is 0. The van der Waals surface area contributed by atoms with E-state index in [9.17, 15) is 9.59 Å². The van der Waals surface area contributed by atoms with Crippen molar-refractivity contribution in [1.82, 2.24) is 5.43 Å². The Balaban J connectivity index is 1.70. The summed E-state index contributed by atoms with van der Waals surface area (Å²) >= 11 is 7.45. The van der Waals surface area contributed by atoms with Crippen molar-refractivity contribution < 1.29 is 9.59 Å². The minimum atomic E-state index is -0.341. The van der Waals surface area contributed by atoms with Gasteiger partial charge < -0.3 is 5.32 Å². The van der Waals surface area contributed by atoms with Crippen molar-refractivity contribution in [3.05, 3.63) is 81.5 Å². The fourth-order valence-electron chi connectivity index (χ4n) is 2.08. The van der Waals surface area contributed by atoms with E-state index in [0.717, 1.165) is 5.69 Å². The Hall–Kier alpha value is -2.83. The van der Waals surface area contributed by atoms with Crippen LogP contribution < -0.4 is 16.2 Å². The van der Waals surface area contributed by atoms with Gasteiger partial charge >= 0.3 is 0 Å². The molecule has 0 spiro atoms. The van der Waals surface area contributed by atoms with Gasteiger partial charge in [0.1, 0.15) is 0 Å². The quantitative estimate of drug-likeness (QED) is 0.582. The predicted molar refractivity (Wildman–Crippen MR) is 101 cm³/mol. The van der Waals surface area contributed by atoms with Crippen LogP contribution in [0.25, 0.3) is 0 Å². The van der Waals surface area contributed by atoms with Crippen LogP contribution in [0, 0.1) is 0 Å². The maximum atomic E-state index is 12.3. The summed E-state index contributed by atoms with van der Waals surface area (Å²) in [6, 6.07) is 17.5. The molecule has 0 radical (unpaired) electrons. The smallest absolute Gasteiger partial charge is 0.269 e. The van der Waals surface area contributed by atoms with Gasteiger partial charge in [-0.2, -0.15) is 0 Å². The lowest BCUT2D eigenvalue weighted by Gasteiger charge is -2.11. The van der Waals surface area contributed by atoms with Gasteiger partial charge in [-0.3, -0.25) is 20.4 Å². The molecule has 126 valence electrons. The van der Waals surface area contributed by atoms with Crippen molar-refractivity contribution >= 4 is 46.1 Å². The molecular weight excluding hydrogens is 358 g/mol. The number of anilines is 2. The fourth-order valence-corrected chi connectivity index (χ4v) is 2.86. The molecular formula is C18H14ClN3O2S. The number of nitrogens with one attached hydrogen (secondary N) is 3. The molecule has 1 aromatic heterocycles. The van der Waals surface area contributed by atoms with E-state index in [2.05, 4.69) is 16.2 Å². The molecule has 3 aromatic rings. The number of thiophene rings is 1. The summed E-state index contributed by atoms with van der Waals surface area (Å²) in [6.45, 7) is 0. The van der Waals surface area contributed by atoms with E-state index >= 15 is 0 Å². The number of hydrogen-bond acceptors (Lipinski definition) is 4. The Bertz CT molecular complexity index is 883. The van der Waals surface area contributed by atoms with Crippen LogP contribution in [0.3, 0.4) is 0 Å². The zero-order valence-corrected chi connectivity index (χ0v) is 14.5. The third-order valence-corrected chi connectivity index (χ3v) is 4.51. The van der Waals surface area contributed by atoms with Gasteiger partial charge in [-0.05, 0) is 41.8 Å². The van der Waals surface area contributed by atoms with Crippen molar-refractivity contribution in [1.29, 1.82) is 0 Å². The van der Waals surface area contributed by atoms with Gasteiger partial charge in [-0.25, -0.2) is 0 Å². The number of carbonyl (C=O) groups excluding carboxylic acids is 2. The van der Waals surface area contributed by atoms with Crippen LogP contribution in [-0.4, -0.2) is 11.8 Å². The molecule has 7 heteroatoms. The molecule has 2 aromatic carbocycles. The Labute approximate surface area is 153 Å². The highest BCUT2D eigenvalue weighted by atomic mass is 35.5. The van der Waals surface area contributed by atoms with Crippen LogP contribution in [0.15, 0.2) is 66.0 Å². The van der Waals surface area contributed by atoms with E-state index in [1.165, 1.54) is 17.4 Å². The normalized spacial score (nSPS) is 10.1. The third-order valence-electron chi connectivity index (χ3n) is 3.32. The van der Waals surface area contributed by atoms with Crippen molar-refractivity contribution in [3.63, 3.8) is 0 Å². The maximum Gasteiger partial charge on any atom is 0.269 e. The minimum Gasteiger partial charge on any atom is -0.320 e. The van der Waals surface area contributed by atoms with Crippen molar-refractivity contribution in [2.24, 2.45) is 0 Å². The van der Waals surface area contributed by atoms with E-state index in [0.29, 0.717) is 21.2 Å². The van der Waals surface area contributed by atoms with Crippen LogP contribution in [0.4, 0.5) is 11.4 Å². The first-order valence-corrected chi connectivity index (χ1v) is 8.65.